The van der Waals surface area contributed by atoms with Crippen molar-refractivity contribution in [2.75, 3.05) is 39.9 Å². The standard InChI is InChI=1S/C23H32N2O2/c1-5-27-22-16-19(7-8-21(22)26-4)23(25-11-6-9-24-10-12-25)20-14-17(2)13-18(3)15-20/h7-8,13-16,23-24H,5-6,9-12H2,1-4H3. The summed E-state index contributed by atoms with van der Waals surface area (Å²) in [6.07, 6.45) is 1.16. The zero-order valence-electron chi connectivity index (χ0n) is 17.0. The van der Waals surface area contributed by atoms with E-state index in [-0.39, 0.29) is 6.04 Å². The Morgan fingerprint density at radius 2 is 1.74 bits per heavy atom. The molecule has 0 aromatic heterocycles. The zero-order valence-corrected chi connectivity index (χ0v) is 17.0. The molecule has 0 amide bonds. The van der Waals surface area contributed by atoms with Crippen LogP contribution in [0.25, 0.3) is 0 Å². The molecule has 2 aromatic carbocycles. The molecule has 27 heavy (non-hydrogen) atoms. The molecule has 1 atom stereocenters. The van der Waals surface area contributed by atoms with Gasteiger partial charge in [0.15, 0.2) is 11.5 Å². The maximum Gasteiger partial charge on any atom is 0.161 e. The van der Waals surface area contributed by atoms with Gasteiger partial charge in [0.05, 0.1) is 19.8 Å². The molecule has 146 valence electrons. The maximum absolute atomic E-state index is 5.86. The minimum absolute atomic E-state index is 0.216. The maximum atomic E-state index is 5.86. The van der Waals surface area contributed by atoms with E-state index in [2.05, 4.69) is 54.4 Å². The van der Waals surface area contributed by atoms with Gasteiger partial charge >= 0.3 is 0 Å². The minimum Gasteiger partial charge on any atom is -0.493 e. The molecule has 4 heteroatoms. The van der Waals surface area contributed by atoms with Crippen molar-refractivity contribution >= 4 is 0 Å². The quantitative estimate of drug-likeness (QED) is 0.832. The number of aryl methyl sites for hydroxylation is 2. The number of ether oxygens (including phenoxy) is 2. The minimum atomic E-state index is 0.216. The summed E-state index contributed by atoms with van der Waals surface area (Å²) >= 11 is 0. The fourth-order valence-corrected chi connectivity index (χ4v) is 4.04. The lowest BCUT2D eigenvalue weighted by Gasteiger charge is -2.32. The number of hydrogen-bond acceptors (Lipinski definition) is 4. The second-order valence-corrected chi connectivity index (χ2v) is 7.31. The highest BCUT2D eigenvalue weighted by Gasteiger charge is 2.25. The van der Waals surface area contributed by atoms with E-state index in [4.69, 9.17) is 9.47 Å². The molecular weight excluding hydrogens is 336 g/mol. The Bertz CT molecular complexity index is 732. The first kappa shape index (κ1) is 19.7. The SMILES string of the molecule is CCOc1cc(C(c2cc(C)cc(C)c2)N2CCCNCC2)ccc1OC. The molecule has 0 bridgehead atoms. The van der Waals surface area contributed by atoms with E-state index in [9.17, 15) is 0 Å². The molecule has 1 unspecified atom stereocenters. The first-order chi connectivity index (χ1) is 13.1. The van der Waals surface area contributed by atoms with Crippen molar-refractivity contribution in [3.8, 4) is 11.5 Å². The van der Waals surface area contributed by atoms with Gasteiger partial charge in [-0.1, -0.05) is 35.4 Å². The Morgan fingerprint density at radius 3 is 2.44 bits per heavy atom. The van der Waals surface area contributed by atoms with Crippen molar-refractivity contribution in [1.82, 2.24) is 10.2 Å². The van der Waals surface area contributed by atoms with Crippen LogP contribution in [-0.2, 0) is 0 Å². The molecule has 2 aromatic rings. The van der Waals surface area contributed by atoms with Crippen molar-refractivity contribution in [3.05, 3.63) is 58.7 Å². The third-order valence-corrected chi connectivity index (χ3v) is 5.10. The molecule has 1 heterocycles. The van der Waals surface area contributed by atoms with Gasteiger partial charge in [-0.05, 0) is 57.0 Å². The molecular formula is C23H32N2O2. The molecule has 1 aliphatic rings. The van der Waals surface area contributed by atoms with E-state index < -0.39 is 0 Å². The fraction of sp³-hybridized carbons (Fsp3) is 0.478. The monoisotopic (exact) mass is 368 g/mol. The van der Waals surface area contributed by atoms with E-state index in [1.165, 1.54) is 22.3 Å². The van der Waals surface area contributed by atoms with Crippen LogP contribution in [0.2, 0.25) is 0 Å². The Labute approximate surface area is 163 Å². The van der Waals surface area contributed by atoms with Gasteiger partial charge in [-0.2, -0.15) is 0 Å². The number of benzene rings is 2. The van der Waals surface area contributed by atoms with Crippen molar-refractivity contribution in [1.29, 1.82) is 0 Å². The average molecular weight is 369 g/mol. The van der Waals surface area contributed by atoms with Gasteiger partial charge in [0.1, 0.15) is 0 Å². The van der Waals surface area contributed by atoms with Crippen LogP contribution in [0, 0.1) is 13.8 Å². The molecule has 0 aliphatic carbocycles. The van der Waals surface area contributed by atoms with Crippen LogP contribution in [-0.4, -0.2) is 44.8 Å². The Balaban J connectivity index is 2.07. The third kappa shape index (κ3) is 4.82. The Kier molecular flexibility index (Phi) is 6.75. The molecule has 0 radical (unpaired) electrons. The van der Waals surface area contributed by atoms with Crippen molar-refractivity contribution in [2.45, 2.75) is 33.2 Å². The van der Waals surface area contributed by atoms with Gasteiger partial charge in [0, 0.05) is 19.6 Å². The molecule has 4 nitrogen and oxygen atoms in total. The summed E-state index contributed by atoms with van der Waals surface area (Å²) in [4.78, 5) is 2.59. The molecule has 3 rings (SSSR count). The van der Waals surface area contributed by atoms with Gasteiger partial charge in [0.25, 0.3) is 0 Å². The van der Waals surface area contributed by atoms with Crippen LogP contribution in [0.5, 0.6) is 11.5 Å². The topological polar surface area (TPSA) is 33.7 Å². The van der Waals surface area contributed by atoms with Crippen LogP contribution in [0.15, 0.2) is 36.4 Å². The highest BCUT2D eigenvalue weighted by molar-refractivity contribution is 5.46. The van der Waals surface area contributed by atoms with Gasteiger partial charge in [0.2, 0.25) is 0 Å². The molecule has 1 fully saturated rings. The predicted octanol–water partition coefficient (Wildman–Crippen LogP) is 4.10. The number of hydrogen-bond donors (Lipinski definition) is 1. The van der Waals surface area contributed by atoms with E-state index >= 15 is 0 Å². The molecule has 0 saturated carbocycles. The summed E-state index contributed by atoms with van der Waals surface area (Å²) in [7, 11) is 1.69. The number of nitrogens with zero attached hydrogens (tertiary/aromatic N) is 1. The summed E-state index contributed by atoms with van der Waals surface area (Å²) in [6, 6.07) is 13.5. The van der Waals surface area contributed by atoms with Crippen LogP contribution in [0.1, 0.15) is 41.6 Å². The summed E-state index contributed by atoms with van der Waals surface area (Å²) in [6.45, 7) is 11.2. The third-order valence-electron chi connectivity index (χ3n) is 5.10. The lowest BCUT2D eigenvalue weighted by molar-refractivity contribution is 0.239. The second kappa shape index (κ2) is 9.25. The highest BCUT2D eigenvalue weighted by atomic mass is 16.5. The van der Waals surface area contributed by atoms with E-state index in [0.29, 0.717) is 6.61 Å². The number of methoxy groups -OCH3 is 1. The Hall–Kier alpha value is -2.04. The Morgan fingerprint density at radius 1 is 0.963 bits per heavy atom. The van der Waals surface area contributed by atoms with Crippen LogP contribution in [0.3, 0.4) is 0 Å². The normalized spacial score (nSPS) is 16.6. The number of nitrogens with one attached hydrogen (secondary N) is 1. The zero-order chi connectivity index (χ0) is 19.2. The van der Waals surface area contributed by atoms with Gasteiger partial charge in [-0.15, -0.1) is 0 Å². The fourth-order valence-electron chi connectivity index (χ4n) is 4.04. The lowest BCUT2D eigenvalue weighted by atomic mass is 9.93. The molecule has 0 spiro atoms. The average Bonchev–Trinajstić information content (AvgIpc) is 2.91. The first-order valence-corrected chi connectivity index (χ1v) is 9.96. The highest BCUT2D eigenvalue weighted by Crippen LogP contribution is 2.36. The molecule has 1 saturated heterocycles. The summed E-state index contributed by atoms with van der Waals surface area (Å²) in [5.41, 5.74) is 5.22. The number of rotatable bonds is 6. The molecule has 1 aliphatic heterocycles. The van der Waals surface area contributed by atoms with Crippen LogP contribution < -0.4 is 14.8 Å². The van der Waals surface area contributed by atoms with Gasteiger partial charge in [-0.3, -0.25) is 4.90 Å². The van der Waals surface area contributed by atoms with Crippen LogP contribution in [0.4, 0.5) is 0 Å². The lowest BCUT2D eigenvalue weighted by Crippen LogP contribution is -2.33. The first-order valence-electron chi connectivity index (χ1n) is 9.96. The van der Waals surface area contributed by atoms with E-state index in [1.807, 2.05) is 13.0 Å². The van der Waals surface area contributed by atoms with Gasteiger partial charge in [-0.25, -0.2) is 0 Å². The smallest absolute Gasteiger partial charge is 0.161 e. The van der Waals surface area contributed by atoms with E-state index in [1.54, 1.807) is 7.11 Å². The van der Waals surface area contributed by atoms with Crippen molar-refractivity contribution in [3.63, 3.8) is 0 Å². The summed E-state index contributed by atoms with van der Waals surface area (Å²) < 4.78 is 11.4. The summed E-state index contributed by atoms with van der Waals surface area (Å²) in [5.74, 6) is 1.61. The van der Waals surface area contributed by atoms with Crippen LogP contribution >= 0.6 is 0 Å². The largest absolute Gasteiger partial charge is 0.493 e. The van der Waals surface area contributed by atoms with E-state index in [0.717, 1.165) is 44.1 Å². The molecule has 1 N–H and O–H groups in total. The summed E-state index contributed by atoms with van der Waals surface area (Å²) in [5, 5.41) is 3.52. The second-order valence-electron chi connectivity index (χ2n) is 7.31. The van der Waals surface area contributed by atoms with Crippen molar-refractivity contribution in [2.24, 2.45) is 0 Å². The van der Waals surface area contributed by atoms with Gasteiger partial charge < -0.3 is 14.8 Å². The van der Waals surface area contributed by atoms with Crippen molar-refractivity contribution < 1.29 is 9.47 Å². The predicted molar refractivity (Wildman–Crippen MR) is 111 cm³/mol.